The van der Waals surface area contributed by atoms with Crippen molar-refractivity contribution in [2.75, 3.05) is 0 Å². The minimum atomic E-state index is 0.0125. The number of hydrogen-bond acceptors (Lipinski definition) is 4. The fraction of sp³-hybridized carbons (Fsp3) is 0.0208. The second kappa shape index (κ2) is 12.9. The van der Waals surface area contributed by atoms with Gasteiger partial charge in [0.15, 0.2) is 0 Å². The third-order valence-corrected chi connectivity index (χ3v) is 10.1. The number of nitrogens with zero attached hydrogens (tertiary/aromatic N) is 4. The predicted octanol–water partition coefficient (Wildman–Crippen LogP) is 11.2. The molecule has 2 aromatic heterocycles. The molecular weight excluding hydrogens is 647 g/mol. The van der Waals surface area contributed by atoms with E-state index in [0.29, 0.717) is 0 Å². The molecule has 1 N–H and O–H groups in total. The van der Waals surface area contributed by atoms with Crippen molar-refractivity contribution in [1.29, 1.82) is 0 Å². The van der Waals surface area contributed by atoms with Crippen molar-refractivity contribution >= 4 is 44.2 Å². The van der Waals surface area contributed by atoms with Crippen LogP contribution >= 0.6 is 0 Å². The van der Waals surface area contributed by atoms with Crippen LogP contribution in [0.4, 0.5) is 0 Å². The van der Waals surface area contributed by atoms with Gasteiger partial charge in [0.2, 0.25) is 0 Å². The predicted molar refractivity (Wildman–Crippen MR) is 218 cm³/mol. The number of fused-ring (bicyclic) bond motifs is 6. The number of benzene rings is 7. The SMILES string of the molecule is C1=C(c2ccc(-c3ccc(-c4nc5c6ccccc6c6ncccc6c5n4-c4ccccc4)cc3)cc2)N=C(c2ccccc2)NC1c1ccccc1. The van der Waals surface area contributed by atoms with E-state index in [1.165, 1.54) is 5.56 Å². The molecule has 10 rings (SSSR count). The van der Waals surface area contributed by atoms with Gasteiger partial charge in [0.05, 0.1) is 28.3 Å². The number of pyridine rings is 1. The molecule has 5 heteroatoms. The molecular formula is C48H33N5. The summed E-state index contributed by atoms with van der Waals surface area (Å²) >= 11 is 0. The summed E-state index contributed by atoms with van der Waals surface area (Å²) in [5.74, 6) is 1.77. The first-order chi connectivity index (χ1) is 26.3. The van der Waals surface area contributed by atoms with Crippen LogP contribution in [0.3, 0.4) is 0 Å². The van der Waals surface area contributed by atoms with Crippen molar-refractivity contribution < 1.29 is 0 Å². The summed E-state index contributed by atoms with van der Waals surface area (Å²) in [5, 5.41) is 6.93. The average molecular weight is 680 g/mol. The van der Waals surface area contributed by atoms with Crippen molar-refractivity contribution in [1.82, 2.24) is 19.9 Å². The fourth-order valence-electron chi connectivity index (χ4n) is 7.51. The highest BCUT2D eigenvalue weighted by atomic mass is 15.1. The van der Waals surface area contributed by atoms with E-state index in [1.807, 2.05) is 30.5 Å². The van der Waals surface area contributed by atoms with E-state index >= 15 is 0 Å². The summed E-state index contributed by atoms with van der Waals surface area (Å²) in [4.78, 5) is 15.3. The minimum Gasteiger partial charge on any atom is -0.359 e. The Balaban J connectivity index is 1.03. The zero-order valence-corrected chi connectivity index (χ0v) is 28.8. The molecule has 0 radical (unpaired) electrons. The number of amidine groups is 1. The fourth-order valence-corrected chi connectivity index (χ4v) is 7.51. The maximum Gasteiger partial charge on any atom is 0.145 e. The van der Waals surface area contributed by atoms with Crippen molar-refractivity contribution in [3.8, 4) is 28.2 Å². The highest BCUT2D eigenvalue weighted by Gasteiger charge is 2.22. The van der Waals surface area contributed by atoms with Crippen molar-refractivity contribution in [3.63, 3.8) is 0 Å². The van der Waals surface area contributed by atoms with Crippen LogP contribution < -0.4 is 5.32 Å². The van der Waals surface area contributed by atoms with Crippen LogP contribution in [-0.4, -0.2) is 20.4 Å². The van der Waals surface area contributed by atoms with Gasteiger partial charge in [0.25, 0.3) is 0 Å². The lowest BCUT2D eigenvalue weighted by atomic mass is 9.98. The Kier molecular flexibility index (Phi) is 7.47. The van der Waals surface area contributed by atoms with Gasteiger partial charge in [-0.15, -0.1) is 0 Å². The molecule has 1 unspecified atom stereocenters. The molecule has 0 saturated carbocycles. The van der Waals surface area contributed by atoms with Gasteiger partial charge in [-0.05, 0) is 52.6 Å². The average Bonchev–Trinajstić information content (AvgIpc) is 3.66. The molecule has 0 fully saturated rings. The van der Waals surface area contributed by atoms with E-state index in [2.05, 4.69) is 168 Å². The molecule has 5 nitrogen and oxygen atoms in total. The standard InChI is InChI=1S/C48H33N5/c1-4-13-34(14-5-1)42-31-43(51-47(50-42)36-15-6-2-7-16-36)35-26-22-32(23-27-35)33-24-28-37(29-25-33)48-52-45-40-20-11-10-19-39(40)44-41(21-12-30-49-44)46(45)53(48)38-17-8-3-9-18-38/h1-31,42H,(H,50,51). The van der Waals surface area contributed by atoms with E-state index < -0.39 is 0 Å². The Bertz CT molecular complexity index is 2820. The smallest absolute Gasteiger partial charge is 0.145 e. The van der Waals surface area contributed by atoms with E-state index in [4.69, 9.17) is 15.0 Å². The topological polar surface area (TPSA) is 55.1 Å². The van der Waals surface area contributed by atoms with E-state index in [-0.39, 0.29) is 6.04 Å². The van der Waals surface area contributed by atoms with Crippen molar-refractivity contribution in [3.05, 3.63) is 205 Å². The maximum atomic E-state index is 5.37. The lowest BCUT2D eigenvalue weighted by Crippen LogP contribution is -2.31. The number of para-hydroxylation sites is 1. The monoisotopic (exact) mass is 679 g/mol. The third kappa shape index (κ3) is 5.47. The molecule has 250 valence electrons. The minimum absolute atomic E-state index is 0.0125. The number of rotatable bonds is 6. The van der Waals surface area contributed by atoms with Crippen LogP contribution in [0, 0.1) is 0 Å². The highest BCUT2D eigenvalue weighted by molar-refractivity contribution is 6.23. The number of aliphatic imine (C=N–C) groups is 1. The van der Waals surface area contributed by atoms with Gasteiger partial charge in [-0.25, -0.2) is 9.98 Å². The maximum absolute atomic E-state index is 5.37. The van der Waals surface area contributed by atoms with E-state index in [9.17, 15) is 0 Å². The molecule has 1 aliphatic heterocycles. The quantitative estimate of drug-likeness (QED) is 0.178. The molecule has 0 bridgehead atoms. The van der Waals surface area contributed by atoms with Crippen LogP contribution in [0.2, 0.25) is 0 Å². The number of hydrogen-bond donors (Lipinski definition) is 1. The summed E-state index contributed by atoms with van der Waals surface area (Å²) < 4.78 is 2.29. The Morgan fingerprint density at radius 1 is 0.472 bits per heavy atom. The molecule has 0 amide bonds. The second-order valence-electron chi connectivity index (χ2n) is 13.3. The Morgan fingerprint density at radius 3 is 1.74 bits per heavy atom. The number of aromatic nitrogens is 3. The van der Waals surface area contributed by atoms with Gasteiger partial charge in [-0.2, -0.15) is 0 Å². The molecule has 0 aliphatic carbocycles. The van der Waals surface area contributed by atoms with Crippen LogP contribution in [0.1, 0.15) is 22.7 Å². The van der Waals surface area contributed by atoms with Crippen molar-refractivity contribution in [2.45, 2.75) is 6.04 Å². The van der Waals surface area contributed by atoms with E-state index in [0.717, 1.165) is 83.6 Å². The van der Waals surface area contributed by atoms with Gasteiger partial charge < -0.3 is 5.32 Å². The molecule has 1 atom stereocenters. The first kappa shape index (κ1) is 30.7. The third-order valence-electron chi connectivity index (χ3n) is 10.1. The first-order valence-electron chi connectivity index (χ1n) is 17.9. The molecule has 0 saturated heterocycles. The molecule has 9 aromatic rings. The second-order valence-corrected chi connectivity index (χ2v) is 13.3. The zero-order chi connectivity index (χ0) is 35.1. The molecule has 7 aromatic carbocycles. The van der Waals surface area contributed by atoms with Crippen LogP contribution in [-0.2, 0) is 0 Å². The summed E-state index contributed by atoms with van der Waals surface area (Å²) in [6.07, 6.45) is 4.09. The van der Waals surface area contributed by atoms with Gasteiger partial charge in [-0.1, -0.05) is 152 Å². The Morgan fingerprint density at radius 2 is 1.04 bits per heavy atom. The Labute approximate surface area is 307 Å². The molecule has 0 spiro atoms. The molecule has 3 heterocycles. The van der Waals surface area contributed by atoms with Crippen molar-refractivity contribution in [2.24, 2.45) is 4.99 Å². The van der Waals surface area contributed by atoms with Gasteiger partial charge in [-0.3, -0.25) is 9.55 Å². The van der Waals surface area contributed by atoms with Crippen LogP contribution in [0.5, 0.6) is 0 Å². The lowest BCUT2D eigenvalue weighted by Gasteiger charge is -2.24. The highest BCUT2D eigenvalue weighted by Crippen LogP contribution is 2.39. The normalized spacial score (nSPS) is 14.2. The molecule has 53 heavy (non-hydrogen) atoms. The molecule has 1 aliphatic rings. The first-order valence-corrected chi connectivity index (χ1v) is 17.9. The van der Waals surface area contributed by atoms with Crippen LogP contribution in [0.25, 0.3) is 66.6 Å². The van der Waals surface area contributed by atoms with Gasteiger partial charge in [0, 0.05) is 39.2 Å². The largest absolute Gasteiger partial charge is 0.359 e. The summed E-state index contributed by atoms with van der Waals surface area (Å²) in [5.41, 5.74) is 11.7. The zero-order valence-electron chi connectivity index (χ0n) is 28.8. The van der Waals surface area contributed by atoms with E-state index in [1.54, 1.807) is 0 Å². The van der Waals surface area contributed by atoms with Gasteiger partial charge in [0.1, 0.15) is 11.7 Å². The number of imidazole rings is 1. The number of nitrogens with one attached hydrogen (secondary N) is 1. The Hall–Kier alpha value is -7.11. The summed E-state index contributed by atoms with van der Waals surface area (Å²) in [6.45, 7) is 0. The lowest BCUT2D eigenvalue weighted by molar-refractivity contribution is 0.781. The van der Waals surface area contributed by atoms with Gasteiger partial charge >= 0.3 is 0 Å². The summed E-state index contributed by atoms with van der Waals surface area (Å²) in [7, 11) is 0. The summed E-state index contributed by atoms with van der Waals surface area (Å²) in [6, 6.07) is 61.4. The van der Waals surface area contributed by atoms with Crippen LogP contribution in [0.15, 0.2) is 193 Å².